The minimum Gasteiger partial charge on any atom is -0.245 e. The molecule has 5 nitrogen and oxygen atoms in total. The Morgan fingerprint density at radius 2 is 2.55 bits per heavy atom. The number of rotatable bonds is 1. The summed E-state index contributed by atoms with van der Waals surface area (Å²) >= 11 is 0. The quantitative estimate of drug-likeness (QED) is 0.595. The highest BCUT2D eigenvalue weighted by molar-refractivity contribution is 5.04. The number of nitrogens with one attached hydrogen (secondary N) is 1. The summed E-state index contributed by atoms with van der Waals surface area (Å²) in [5.74, 6) is 0. The zero-order valence-corrected chi connectivity index (χ0v) is 5.91. The van der Waals surface area contributed by atoms with Crippen LogP contribution in [0, 0.1) is 0 Å². The van der Waals surface area contributed by atoms with Crippen molar-refractivity contribution >= 4 is 0 Å². The van der Waals surface area contributed by atoms with Crippen molar-refractivity contribution in [3.05, 3.63) is 10.5 Å². The van der Waals surface area contributed by atoms with E-state index in [-0.39, 0.29) is 0 Å². The van der Waals surface area contributed by atoms with E-state index in [4.69, 9.17) is 0 Å². The Morgan fingerprint density at radius 3 is 2.91 bits per heavy atom. The van der Waals surface area contributed by atoms with Crippen molar-refractivity contribution in [2.45, 2.75) is 25.1 Å². The van der Waals surface area contributed by atoms with Crippen molar-refractivity contribution in [1.82, 2.24) is 20.2 Å². The number of hydrogen-bond donors (Lipinski definition) is 1. The Balaban J connectivity index is 2.45. The number of alkyl halides is 1. The Bertz CT molecular complexity index is 331. The minimum atomic E-state index is -0.967. The lowest BCUT2D eigenvalue weighted by Crippen LogP contribution is -2.29. The highest BCUT2D eigenvalue weighted by Gasteiger charge is 2.55. The molecule has 0 bridgehead atoms. The highest BCUT2D eigenvalue weighted by Crippen LogP contribution is 2.44. The van der Waals surface area contributed by atoms with Gasteiger partial charge in [-0.15, -0.1) is 0 Å². The van der Waals surface area contributed by atoms with E-state index in [0.717, 1.165) is 4.68 Å². The molecular weight excluding hydrogens is 151 g/mol. The molecule has 6 heteroatoms. The van der Waals surface area contributed by atoms with Gasteiger partial charge in [0.25, 0.3) is 0 Å². The van der Waals surface area contributed by atoms with Crippen LogP contribution in [0.2, 0.25) is 0 Å². The summed E-state index contributed by atoms with van der Waals surface area (Å²) in [5.41, 5.74) is -1.20. The zero-order chi connectivity index (χ0) is 8.06. The first-order chi connectivity index (χ1) is 5.14. The van der Waals surface area contributed by atoms with Gasteiger partial charge in [-0.2, -0.15) is 4.68 Å². The molecule has 1 fully saturated rings. The highest BCUT2D eigenvalue weighted by atomic mass is 19.1. The lowest BCUT2D eigenvalue weighted by Gasteiger charge is -2.03. The van der Waals surface area contributed by atoms with Gasteiger partial charge in [-0.05, 0) is 17.4 Å². The van der Waals surface area contributed by atoms with Crippen LogP contribution in [0.1, 0.15) is 13.3 Å². The van der Waals surface area contributed by atoms with E-state index in [1.807, 2.05) is 0 Å². The molecule has 1 N–H and O–H groups in total. The third kappa shape index (κ3) is 0.718. The maximum Gasteiger partial charge on any atom is 0.361 e. The Labute approximate surface area is 61.2 Å². The average Bonchev–Trinajstić information content (AvgIpc) is 2.43. The minimum absolute atomic E-state index is 0.347. The van der Waals surface area contributed by atoms with Crippen LogP contribution in [0.15, 0.2) is 4.79 Å². The van der Waals surface area contributed by atoms with Gasteiger partial charge in [-0.3, -0.25) is 0 Å². The molecule has 2 unspecified atom stereocenters. The molecule has 2 atom stereocenters. The van der Waals surface area contributed by atoms with Gasteiger partial charge in [0.1, 0.15) is 11.7 Å². The number of aromatic nitrogens is 4. The average molecular weight is 158 g/mol. The fraction of sp³-hybridized carbons (Fsp3) is 0.800. The summed E-state index contributed by atoms with van der Waals surface area (Å²) in [6, 6.07) is 0. The van der Waals surface area contributed by atoms with Crippen molar-refractivity contribution in [3.63, 3.8) is 0 Å². The van der Waals surface area contributed by atoms with Crippen molar-refractivity contribution in [2.75, 3.05) is 0 Å². The van der Waals surface area contributed by atoms with Gasteiger partial charge in [0.2, 0.25) is 0 Å². The number of hydrogen-bond acceptors (Lipinski definition) is 3. The van der Waals surface area contributed by atoms with Crippen LogP contribution in [0.3, 0.4) is 0 Å². The topological polar surface area (TPSA) is 63.6 Å². The molecule has 1 aliphatic carbocycles. The lowest BCUT2D eigenvalue weighted by molar-refractivity contribution is 0.338. The summed E-state index contributed by atoms with van der Waals surface area (Å²) in [4.78, 5) is 10.9. The summed E-state index contributed by atoms with van der Waals surface area (Å²) < 4.78 is 13.7. The first-order valence-corrected chi connectivity index (χ1v) is 3.29. The Morgan fingerprint density at radius 1 is 1.91 bits per heavy atom. The standard InChI is InChI=1S/C5H7FN4O/c1-5(2-3(5)6)10-4(11)7-8-9-10/h3H,2H2,1H3,(H,7,9,11). The molecule has 0 saturated heterocycles. The Hall–Kier alpha value is -1.20. The van der Waals surface area contributed by atoms with Crippen molar-refractivity contribution in [2.24, 2.45) is 0 Å². The van der Waals surface area contributed by atoms with Gasteiger partial charge in [0, 0.05) is 6.42 Å². The predicted octanol–water partition coefficient (Wildman–Crippen LogP) is -0.577. The molecule has 0 amide bonds. The van der Waals surface area contributed by atoms with E-state index in [9.17, 15) is 9.18 Å². The van der Waals surface area contributed by atoms with Gasteiger partial charge < -0.3 is 0 Å². The molecule has 0 radical (unpaired) electrons. The van der Waals surface area contributed by atoms with Crippen molar-refractivity contribution in [3.8, 4) is 0 Å². The summed E-state index contributed by atoms with van der Waals surface area (Å²) in [5, 5.41) is 8.85. The number of tetrazole rings is 1. The summed E-state index contributed by atoms with van der Waals surface area (Å²) in [6.45, 7) is 1.64. The van der Waals surface area contributed by atoms with E-state index in [2.05, 4.69) is 15.5 Å². The van der Waals surface area contributed by atoms with Gasteiger partial charge in [-0.25, -0.2) is 14.3 Å². The Kier molecular flexibility index (Phi) is 1.000. The van der Waals surface area contributed by atoms with E-state index >= 15 is 0 Å². The number of H-pyrrole nitrogens is 1. The van der Waals surface area contributed by atoms with Gasteiger partial charge in [0.05, 0.1) is 0 Å². The van der Waals surface area contributed by atoms with E-state index in [1.165, 1.54) is 0 Å². The normalized spacial score (nSPS) is 35.6. The maximum atomic E-state index is 12.7. The first kappa shape index (κ1) is 6.51. The molecule has 2 rings (SSSR count). The third-order valence-electron chi connectivity index (χ3n) is 2.06. The molecule has 11 heavy (non-hydrogen) atoms. The smallest absolute Gasteiger partial charge is 0.245 e. The second kappa shape index (κ2) is 1.69. The van der Waals surface area contributed by atoms with Crippen LogP contribution < -0.4 is 5.69 Å². The molecule has 0 spiro atoms. The van der Waals surface area contributed by atoms with Crippen LogP contribution in [0.5, 0.6) is 0 Å². The molecule has 0 aromatic carbocycles. The number of nitrogens with zero attached hydrogens (tertiary/aromatic N) is 3. The molecule has 60 valence electrons. The van der Waals surface area contributed by atoms with E-state index in [0.29, 0.717) is 6.42 Å². The molecule has 1 aromatic rings. The van der Waals surface area contributed by atoms with E-state index < -0.39 is 17.4 Å². The van der Waals surface area contributed by atoms with Gasteiger partial charge in [0.15, 0.2) is 0 Å². The molecule has 0 aliphatic heterocycles. The zero-order valence-electron chi connectivity index (χ0n) is 5.91. The largest absolute Gasteiger partial charge is 0.361 e. The van der Waals surface area contributed by atoms with Crippen LogP contribution >= 0.6 is 0 Å². The molecule has 1 saturated carbocycles. The SMILES string of the molecule is CC1(n2nn[nH]c2=O)CC1F. The number of aromatic amines is 1. The van der Waals surface area contributed by atoms with Crippen LogP contribution in [-0.4, -0.2) is 26.4 Å². The van der Waals surface area contributed by atoms with Gasteiger partial charge in [-0.1, -0.05) is 0 Å². The predicted molar refractivity (Wildman–Crippen MR) is 33.8 cm³/mol. The van der Waals surface area contributed by atoms with Crippen LogP contribution in [0.4, 0.5) is 4.39 Å². The second-order valence-corrected chi connectivity index (χ2v) is 2.95. The fourth-order valence-corrected chi connectivity index (χ4v) is 1.06. The van der Waals surface area contributed by atoms with Crippen LogP contribution in [0.25, 0.3) is 0 Å². The number of halogens is 1. The van der Waals surface area contributed by atoms with Crippen molar-refractivity contribution < 1.29 is 4.39 Å². The third-order valence-corrected chi connectivity index (χ3v) is 2.06. The molecule has 1 aromatic heterocycles. The molecule has 1 aliphatic rings. The van der Waals surface area contributed by atoms with E-state index in [1.54, 1.807) is 6.92 Å². The van der Waals surface area contributed by atoms with Crippen LogP contribution in [-0.2, 0) is 5.54 Å². The summed E-state index contributed by atoms with van der Waals surface area (Å²) in [6.07, 6.45) is -0.621. The lowest BCUT2D eigenvalue weighted by atomic mass is 10.3. The second-order valence-electron chi connectivity index (χ2n) is 2.95. The molecule has 1 heterocycles. The fourth-order valence-electron chi connectivity index (χ4n) is 1.06. The molecular formula is C5H7FN4O. The summed E-state index contributed by atoms with van der Waals surface area (Å²) in [7, 11) is 0. The first-order valence-electron chi connectivity index (χ1n) is 3.29. The van der Waals surface area contributed by atoms with Gasteiger partial charge >= 0.3 is 5.69 Å². The monoisotopic (exact) mass is 158 g/mol. The maximum absolute atomic E-state index is 12.7. The van der Waals surface area contributed by atoms with Crippen molar-refractivity contribution in [1.29, 1.82) is 0 Å².